The van der Waals surface area contributed by atoms with Crippen LogP contribution >= 0.6 is 0 Å². The van der Waals surface area contributed by atoms with Crippen LogP contribution in [0.4, 0.5) is 0 Å². The molecule has 0 spiro atoms. The van der Waals surface area contributed by atoms with Crippen LogP contribution in [0, 0.1) is 0 Å². The predicted molar refractivity (Wildman–Crippen MR) is 132 cm³/mol. The van der Waals surface area contributed by atoms with Crippen LogP contribution in [0.1, 0.15) is 0 Å². The van der Waals surface area contributed by atoms with Crippen molar-refractivity contribution >= 4 is 37.1 Å². The van der Waals surface area contributed by atoms with Crippen LogP contribution in [0.2, 0.25) is 0 Å². The fourth-order valence-electron chi connectivity index (χ4n) is 4.86. The summed E-state index contributed by atoms with van der Waals surface area (Å²) in [6.45, 7) is -2.32. The Morgan fingerprint density at radius 3 is 1.75 bits per heavy atom. The summed E-state index contributed by atoms with van der Waals surface area (Å²) < 4.78 is 142. The number of aliphatic hydroxyl groups is 6. The van der Waals surface area contributed by atoms with Gasteiger partial charge in [0.15, 0.2) is 35.3 Å². The molecule has 3 rings (SSSR count). The Balaban J connectivity index is 0. The van der Waals surface area contributed by atoms with Crippen LogP contribution in [0.3, 0.4) is 0 Å². The number of hydrogen-bond donors (Lipinski definition) is 7. The first-order chi connectivity index (χ1) is 21.9. The van der Waals surface area contributed by atoms with E-state index in [-0.39, 0.29) is 118 Å². The van der Waals surface area contributed by atoms with Crippen molar-refractivity contribution < 1.29 is 234 Å². The van der Waals surface area contributed by atoms with Crippen LogP contribution < -0.4 is 128 Å². The molecule has 0 aromatic carbocycles. The third kappa shape index (κ3) is 16.0. The van der Waals surface area contributed by atoms with E-state index in [1.807, 2.05) is 0 Å². The molecular formula is C19H29NNa4O25S3. The summed E-state index contributed by atoms with van der Waals surface area (Å²) in [5.41, 5.74) is 0. The average molecular weight is 860 g/mol. The van der Waals surface area contributed by atoms with E-state index in [4.69, 9.17) is 28.4 Å². The van der Waals surface area contributed by atoms with Crippen LogP contribution in [-0.2, 0) is 72.7 Å². The summed E-state index contributed by atoms with van der Waals surface area (Å²) in [5, 5.41) is 73.0. The van der Waals surface area contributed by atoms with Crippen molar-refractivity contribution in [3.63, 3.8) is 0 Å². The zero-order chi connectivity index (χ0) is 36.5. The van der Waals surface area contributed by atoms with E-state index in [9.17, 15) is 79.5 Å². The van der Waals surface area contributed by atoms with Gasteiger partial charge in [-0.1, -0.05) is 0 Å². The molecule has 0 amide bonds. The van der Waals surface area contributed by atoms with E-state index in [0.29, 0.717) is 0 Å². The molecule has 26 nitrogen and oxygen atoms in total. The number of aliphatic hydroxyl groups excluding tert-OH is 6. The molecule has 0 aliphatic carbocycles. The number of carbonyl (C=O) groups is 1. The quantitative estimate of drug-likeness (QED) is 0.0484. The van der Waals surface area contributed by atoms with Gasteiger partial charge in [0.1, 0.15) is 67.1 Å². The van der Waals surface area contributed by atoms with Crippen molar-refractivity contribution in [1.29, 1.82) is 0 Å². The molecule has 3 saturated heterocycles. The van der Waals surface area contributed by atoms with Gasteiger partial charge < -0.3 is 82.6 Å². The minimum atomic E-state index is -5.85. The van der Waals surface area contributed by atoms with Gasteiger partial charge in [-0.3, -0.25) is 8.37 Å². The Bertz CT molecular complexity index is 1450. The van der Waals surface area contributed by atoms with Crippen molar-refractivity contribution in [3.05, 3.63) is 0 Å². The number of hydrogen-bond acceptors (Lipinski definition) is 25. The maximum atomic E-state index is 12.1. The summed E-state index contributed by atoms with van der Waals surface area (Å²) in [6.07, 6.45) is -31.3. The van der Waals surface area contributed by atoms with Gasteiger partial charge in [0.25, 0.3) is 0 Å². The fraction of sp³-hybridized carbons (Fsp3) is 0.947. The molecule has 3 aliphatic heterocycles. The van der Waals surface area contributed by atoms with Gasteiger partial charge in [-0.15, -0.1) is 0 Å². The van der Waals surface area contributed by atoms with Crippen molar-refractivity contribution in [2.24, 2.45) is 0 Å². The fourth-order valence-corrected chi connectivity index (χ4v) is 6.22. The van der Waals surface area contributed by atoms with Gasteiger partial charge in [0.05, 0.1) is 19.2 Å². The maximum absolute atomic E-state index is 12.1. The molecule has 33 heteroatoms. The molecule has 0 bridgehead atoms. The second-order valence-corrected chi connectivity index (χ2v) is 13.4. The molecular weight excluding hydrogens is 830 g/mol. The number of ether oxygens (including phenoxy) is 6. The van der Waals surface area contributed by atoms with E-state index >= 15 is 0 Å². The molecule has 0 saturated carbocycles. The standard InChI is InChI=1S/C19H33NO25S3.4Na/c1-38-12-5(3-40-47(32,33)34)42-18(6(8(12)22)20-46(29,30)31)43-13-11(25)14(45-48(35,36)37)19(44-15(13)16(26)27)39-2-4-7(21)9(23)10(24)17(28)41-4;;;;/h4-15,17-25,28H,2-3H2,1H3,(H,26,27)(H,29,30,31)(H,32,33,34)(H,35,36,37);;;;/q;4*+1/p-4/t4?,5?,6?,7-,8+,9-,10?,11-,12+,13-,14?,15?,17-,18+,19-;;;;/m1..../s1. The van der Waals surface area contributed by atoms with Gasteiger partial charge in [-0.05, 0) is 0 Å². The minimum Gasteiger partial charge on any atom is -0.735 e. The topological polar surface area (TPSA) is 419 Å². The monoisotopic (exact) mass is 859 g/mol. The van der Waals surface area contributed by atoms with Crippen LogP contribution in [0.5, 0.6) is 0 Å². The molecule has 3 fully saturated rings. The number of methoxy groups -OCH3 is 1. The normalized spacial score (nSPS) is 38.4. The van der Waals surface area contributed by atoms with Crippen LogP contribution in [0.15, 0.2) is 0 Å². The predicted octanol–water partition coefficient (Wildman–Crippen LogP) is -22.1. The van der Waals surface area contributed by atoms with Gasteiger partial charge >= 0.3 is 118 Å². The Labute approximate surface area is 384 Å². The third-order valence-corrected chi connectivity index (χ3v) is 8.43. The molecule has 15 atom stereocenters. The molecule has 0 aromatic heterocycles. The molecule has 0 aromatic rings. The number of carboxylic acids is 1. The first-order valence-electron chi connectivity index (χ1n) is 13.0. The summed E-state index contributed by atoms with van der Waals surface area (Å²) >= 11 is 0. The smallest absolute Gasteiger partial charge is 0.735 e. The van der Waals surface area contributed by atoms with Crippen molar-refractivity contribution in [3.8, 4) is 0 Å². The van der Waals surface area contributed by atoms with Crippen LogP contribution in [0.25, 0.3) is 0 Å². The Morgan fingerprint density at radius 2 is 1.27 bits per heavy atom. The van der Waals surface area contributed by atoms with Crippen molar-refractivity contribution in [1.82, 2.24) is 4.72 Å². The molecule has 3 aliphatic rings. The summed E-state index contributed by atoms with van der Waals surface area (Å²) in [5.74, 6) is -2.30. The summed E-state index contributed by atoms with van der Waals surface area (Å²) in [6, 6.07) is -2.30. The number of carbonyl (C=O) groups excluding carboxylic acids is 1. The summed E-state index contributed by atoms with van der Waals surface area (Å²) in [4.78, 5) is 12.1. The Morgan fingerprint density at radius 1 is 0.692 bits per heavy atom. The van der Waals surface area contributed by atoms with Crippen LogP contribution in [-0.4, -0.2) is 188 Å². The molecule has 52 heavy (non-hydrogen) atoms. The number of aliphatic carboxylic acids is 1. The van der Waals surface area contributed by atoms with Gasteiger partial charge in [0.2, 0.25) is 20.8 Å². The van der Waals surface area contributed by atoms with E-state index in [2.05, 4.69) is 8.37 Å². The Hall–Kier alpha value is 2.60. The molecule has 6 unspecified atom stereocenters. The Kier molecular flexibility index (Phi) is 25.5. The van der Waals surface area contributed by atoms with Crippen molar-refractivity contribution in [2.45, 2.75) is 92.1 Å². The SMILES string of the molecule is CO[C@H]1C(COS(=O)(=O)[O-])O[C@@H](O[C@H]2C(C(=O)[O-])O[C@@H](OCC3O[C@@H](O)C(O)[C@H](O)[C@@H]3O)C(OS(=O)(=O)[O-])[C@@H]2O)C(NS(=O)(=O)[O-])[C@@H]1O.[Na+].[Na+].[Na+].[Na+]. The summed E-state index contributed by atoms with van der Waals surface area (Å²) in [7, 11) is -16.0. The second-order valence-electron chi connectivity index (χ2n) is 10.2. The molecule has 282 valence electrons. The molecule has 7 N–H and O–H groups in total. The van der Waals surface area contributed by atoms with Crippen molar-refractivity contribution in [2.75, 3.05) is 20.3 Å². The number of nitrogens with one attached hydrogen (secondary N) is 1. The maximum Gasteiger partial charge on any atom is 1.00 e. The largest absolute Gasteiger partial charge is 1.00 e. The average Bonchev–Trinajstić information content (AvgIpc) is 2.94. The van der Waals surface area contributed by atoms with Gasteiger partial charge in [0, 0.05) is 7.11 Å². The minimum absolute atomic E-state index is 0. The first kappa shape index (κ1) is 56.7. The number of carboxylic acid groups (broad SMARTS) is 1. The zero-order valence-corrected chi connectivity index (χ0v) is 38.2. The third-order valence-electron chi connectivity index (χ3n) is 6.99. The zero-order valence-electron chi connectivity index (χ0n) is 27.7. The van der Waals surface area contributed by atoms with Gasteiger partial charge in [-0.25, -0.2) is 30.0 Å². The number of rotatable bonds is 14. The van der Waals surface area contributed by atoms with E-state index in [1.165, 1.54) is 4.72 Å². The molecule has 3 heterocycles. The molecule has 0 radical (unpaired) electrons. The van der Waals surface area contributed by atoms with E-state index in [1.54, 1.807) is 0 Å². The van der Waals surface area contributed by atoms with E-state index < -0.39 is 142 Å². The van der Waals surface area contributed by atoms with Gasteiger partial charge in [-0.2, -0.15) is 0 Å². The first-order valence-corrected chi connectivity index (χ1v) is 17.0. The van der Waals surface area contributed by atoms with E-state index in [0.717, 1.165) is 7.11 Å². The second kappa shape index (κ2) is 23.4.